The maximum absolute atomic E-state index is 12.6. The number of nitrogens with one attached hydrogen (secondary N) is 2. The van der Waals surface area contributed by atoms with Gasteiger partial charge in [-0.25, -0.2) is 8.42 Å². The van der Waals surface area contributed by atoms with Gasteiger partial charge in [0.2, 0.25) is 0 Å². The Morgan fingerprint density at radius 1 is 1.07 bits per heavy atom. The highest BCUT2D eigenvalue weighted by molar-refractivity contribution is 14.0. The van der Waals surface area contributed by atoms with Crippen molar-refractivity contribution in [3.05, 3.63) is 59.7 Å². The Balaban J connectivity index is 0.00000450. The molecule has 0 saturated carbocycles. The number of sulfone groups is 1. The largest absolute Gasteiger partial charge is 0.497 e. The van der Waals surface area contributed by atoms with E-state index in [0.29, 0.717) is 17.4 Å². The minimum absolute atomic E-state index is 0. The zero-order valence-corrected chi connectivity index (χ0v) is 21.4. The van der Waals surface area contributed by atoms with Crippen molar-refractivity contribution in [1.82, 2.24) is 10.6 Å². The topological polar surface area (TPSA) is 79.8 Å². The van der Waals surface area contributed by atoms with Crippen LogP contribution >= 0.6 is 24.0 Å². The first-order valence-corrected chi connectivity index (χ1v) is 11.2. The minimum Gasteiger partial charge on any atom is -0.497 e. The SMILES string of the molecule is CN=C(NCCS(=O)(=O)c1ccc(C(C)(C)C)cc1)NCc1cccc(OC)c1.I. The highest BCUT2D eigenvalue weighted by Gasteiger charge is 2.17. The van der Waals surface area contributed by atoms with Crippen molar-refractivity contribution in [3.63, 3.8) is 0 Å². The smallest absolute Gasteiger partial charge is 0.191 e. The third kappa shape index (κ3) is 7.79. The molecular weight excluding hydrogens is 513 g/mol. The van der Waals surface area contributed by atoms with Gasteiger partial charge in [0.05, 0.1) is 17.8 Å². The van der Waals surface area contributed by atoms with Gasteiger partial charge in [-0.15, -0.1) is 24.0 Å². The van der Waals surface area contributed by atoms with Crippen molar-refractivity contribution < 1.29 is 13.2 Å². The standard InChI is InChI=1S/C22H31N3O3S.HI/c1-22(2,3)18-9-11-20(12-10-18)29(26,27)14-13-24-21(23-4)25-16-17-7-6-8-19(15-17)28-5;/h6-12,15H,13-14,16H2,1-5H3,(H2,23,24,25);1H. The summed E-state index contributed by atoms with van der Waals surface area (Å²) >= 11 is 0. The molecule has 2 aromatic rings. The quantitative estimate of drug-likeness (QED) is 0.315. The van der Waals surface area contributed by atoms with Crippen LogP contribution in [-0.4, -0.2) is 40.8 Å². The van der Waals surface area contributed by atoms with Crippen LogP contribution in [0.25, 0.3) is 0 Å². The van der Waals surface area contributed by atoms with Gasteiger partial charge in [0, 0.05) is 20.1 Å². The normalized spacial score (nSPS) is 12.1. The number of guanidine groups is 1. The molecule has 0 aliphatic rings. The van der Waals surface area contributed by atoms with Gasteiger partial charge in [0.1, 0.15) is 5.75 Å². The summed E-state index contributed by atoms with van der Waals surface area (Å²) in [5.41, 5.74) is 2.14. The Kier molecular flexibility index (Phi) is 10.1. The molecule has 0 aliphatic heterocycles. The molecule has 2 N–H and O–H groups in total. The number of rotatable bonds is 7. The molecule has 166 valence electrons. The molecule has 0 radical (unpaired) electrons. The highest BCUT2D eigenvalue weighted by Crippen LogP contribution is 2.23. The van der Waals surface area contributed by atoms with Gasteiger partial charge in [0.15, 0.2) is 15.8 Å². The molecule has 0 saturated heterocycles. The van der Waals surface area contributed by atoms with Gasteiger partial charge in [-0.2, -0.15) is 0 Å². The average Bonchev–Trinajstić information content (AvgIpc) is 2.70. The molecule has 2 rings (SSSR count). The number of methoxy groups -OCH3 is 1. The summed E-state index contributed by atoms with van der Waals surface area (Å²) in [5.74, 6) is 1.32. The Morgan fingerprint density at radius 2 is 1.73 bits per heavy atom. The summed E-state index contributed by atoms with van der Waals surface area (Å²) in [6.45, 7) is 7.12. The molecule has 0 fully saturated rings. The van der Waals surface area contributed by atoms with Crippen LogP contribution in [0.15, 0.2) is 58.4 Å². The van der Waals surface area contributed by atoms with E-state index in [1.165, 1.54) is 0 Å². The van der Waals surface area contributed by atoms with Gasteiger partial charge >= 0.3 is 0 Å². The number of benzene rings is 2. The third-order valence-corrected chi connectivity index (χ3v) is 6.29. The van der Waals surface area contributed by atoms with Crippen LogP contribution < -0.4 is 15.4 Å². The lowest BCUT2D eigenvalue weighted by atomic mass is 9.87. The first-order chi connectivity index (χ1) is 13.7. The van der Waals surface area contributed by atoms with Gasteiger partial charge < -0.3 is 15.4 Å². The van der Waals surface area contributed by atoms with E-state index in [0.717, 1.165) is 16.9 Å². The van der Waals surface area contributed by atoms with Crippen LogP contribution in [0.4, 0.5) is 0 Å². The van der Waals surface area contributed by atoms with Gasteiger partial charge in [-0.3, -0.25) is 4.99 Å². The zero-order chi connectivity index (χ0) is 21.5. The second kappa shape index (κ2) is 11.5. The van der Waals surface area contributed by atoms with Crippen LogP contribution in [0.2, 0.25) is 0 Å². The van der Waals surface area contributed by atoms with Crippen molar-refractivity contribution in [3.8, 4) is 5.75 Å². The van der Waals surface area contributed by atoms with Crippen molar-refractivity contribution in [2.75, 3.05) is 26.5 Å². The summed E-state index contributed by atoms with van der Waals surface area (Å²) in [6, 6.07) is 14.9. The summed E-state index contributed by atoms with van der Waals surface area (Å²) in [7, 11) is -0.0818. The molecule has 6 nitrogen and oxygen atoms in total. The molecule has 0 bridgehead atoms. The minimum atomic E-state index is -3.36. The molecule has 0 aromatic heterocycles. The van der Waals surface area contributed by atoms with Gasteiger partial charge in [0.25, 0.3) is 0 Å². The Hall–Kier alpha value is -1.81. The predicted molar refractivity (Wildman–Crippen MR) is 134 cm³/mol. The van der Waals surface area contributed by atoms with E-state index in [2.05, 4.69) is 36.4 Å². The first-order valence-electron chi connectivity index (χ1n) is 9.56. The van der Waals surface area contributed by atoms with Crippen molar-refractivity contribution >= 4 is 39.8 Å². The second-order valence-electron chi connectivity index (χ2n) is 7.80. The number of hydrogen-bond donors (Lipinski definition) is 2. The number of halogens is 1. The fraction of sp³-hybridized carbons (Fsp3) is 0.409. The lowest BCUT2D eigenvalue weighted by molar-refractivity contribution is 0.414. The summed E-state index contributed by atoms with van der Waals surface area (Å²) < 4.78 is 30.4. The summed E-state index contributed by atoms with van der Waals surface area (Å²) in [5, 5.41) is 6.23. The fourth-order valence-corrected chi connectivity index (χ4v) is 3.93. The van der Waals surface area contributed by atoms with Crippen molar-refractivity contribution in [2.45, 2.75) is 37.6 Å². The van der Waals surface area contributed by atoms with Crippen molar-refractivity contribution in [1.29, 1.82) is 0 Å². The summed E-state index contributed by atoms with van der Waals surface area (Å²) in [4.78, 5) is 4.48. The van der Waals surface area contributed by atoms with Crippen LogP contribution in [0.5, 0.6) is 5.75 Å². The Morgan fingerprint density at radius 3 is 2.30 bits per heavy atom. The van der Waals surface area contributed by atoms with E-state index in [1.54, 1.807) is 26.3 Å². The Bertz CT molecular complexity index is 937. The number of aliphatic imine (C=N–C) groups is 1. The predicted octanol–water partition coefficient (Wildman–Crippen LogP) is 3.75. The van der Waals surface area contributed by atoms with Crippen LogP contribution in [0.3, 0.4) is 0 Å². The van der Waals surface area contributed by atoms with Crippen LogP contribution in [0.1, 0.15) is 31.9 Å². The molecule has 0 aliphatic carbocycles. The monoisotopic (exact) mass is 545 g/mol. The third-order valence-electron chi connectivity index (χ3n) is 4.56. The first kappa shape index (κ1) is 26.2. The van der Waals surface area contributed by atoms with E-state index < -0.39 is 9.84 Å². The fourth-order valence-electron chi connectivity index (χ4n) is 2.77. The zero-order valence-electron chi connectivity index (χ0n) is 18.2. The molecule has 0 atom stereocenters. The second-order valence-corrected chi connectivity index (χ2v) is 9.91. The van der Waals surface area contributed by atoms with E-state index in [4.69, 9.17) is 4.74 Å². The molecule has 8 heteroatoms. The molecular formula is C22H32IN3O3S. The molecule has 2 aromatic carbocycles. The average molecular weight is 545 g/mol. The number of nitrogens with zero attached hydrogens (tertiary/aromatic N) is 1. The molecule has 0 spiro atoms. The summed E-state index contributed by atoms with van der Waals surface area (Å²) in [6.07, 6.45) is 0. The van der Waals surface area contributed by atoms with E-state index in [9.17, 15) is 8.42 Å². The lowest BCUT2D eigenvalue weighted by Crippen LogP contribution is -2.39. The maximum Gasteiger partial charge on any atom is 0.191 e. The molecule has 30 heavy (non-hydrogen) atoms. The highest BCUT2D eigenvalue weighted by atomic mass is 127. The Labute approximate surface area is 197 Å². The molecule has 0 amide bonds. The van der Waals surface area contributed by atoms with E-state index >= 15 is 0 Å². The van der Waals surface area contributed by atoms with Crippen molar-refractivity contribution in [2.24, 2.45) is 4.99 Å². The van der Waals surface area contributed by atoms with Crippen LogP contribution in [-0.2, 0) is 21.8 Å². The molecule has 0 unspecified atom stereocenters. The van der Waals surface area contributed by atoms with Crippen LogP contribution in [0, 0.1) is 0 Å². The maximum atomic E-state index is 12.6. The van der Waals surface area contributed by atoms with E-state index in [1.807, 2.05) is 36.4 Å². The van der Waals surface area contributed by atoms with Gasteiger partial charge in [-0.05, 0) is 40.8 Å². The van der Waals surface area contributed by atoms with Gasteiger partial charge in [-0.1, -0.05) is 45.0 Å². The number of hydrogen-bond acceptors (Lipinski definition) is 4. The number of ether oxygens (including phenoxy) is 1. The lowest BCUT2D eigenvalue weighted by Gasteiger charge is -2.19. The van der Waals surface area contributed by atoms with E-state index in [-0.39, 0.29) is 41.7 Å². The molecule has 0 heterocycles.